The van der Waals surface area contributed by atoms with Crippen molar-refractivity contribution >= 4 is 30.6 Å². The quantitative estimate of drug-likeness (QED) is 0.905. The molecule has 1 saturated heterocycles. The zero-order chi connectivity index (χ0) is 12.1. The molecule has 2 rings (SSSR count). The Kier molecular flexibility index (Phi) is 9.01. The normalized spacial score (nSPS) is 18.7. The van der Waals surface area contributed by atoms with Gasteiger partial charge in [-0.2, -0.15) is 5.10 Å². The molecule has 1 aliphatic heterocycles. The minimum Gasteiger partial charge on any atom is -0.354 e. The average Bonchev–Trinajstić information content (AvgIpc) is 2.40. The molecule has 0 amide bonds. The number of likely N-dealkylation sites (N-methyl/N-ethyl adjacent to an activating group) is 1. The summed E-state index contributed by atoms with van der Waals surface area (Å²) in [6.07, 6.45) is 4.16. The summed E-state index contributed by atoms with van der Waals surface area (Å²) in [6.45, 7) is 3.78. The largest absolute Gasteiger partial charge is 0.354 e. The van der Waals surface area contributed by atoms with E-state index in [1.807, 2.05) is 12.1 Å². The van der Waals surface area contributed by atoms with Crippen molar-refractivity contribution in [3.63, 3.8) is 0 Å². The van der Waals surface area contributed by atoms with Crippen molar-refractivity contribution in [1.29, 1.82) is 0 Å². The van der Waals surface area contributed by atoms with Crippen LogP contribution in [0.1, 0.15) is 12.8 Å². The van der Waals surface area contributed by atoms with Crippen LogP contribution in [0.3, 0.4) is 0 Å². The van der Waals surface area contributed by atoms with Crippen molar-refractivity contribution in [2.24, 2.45) is 5.73 Å². The molecule has 1 atom stereocenters. The first-order valence-corrected chi connectivity index (χ1v) is 6.24. The summed E-state index contributed by atoms with van der Waals surface area (Å²) < 4.78 is 0. The van der Waals surface area contributed by atoms with Gasteiger partial charge >= 0.3 is 0 Å². The first-order valence-electron chi connectivity index (χ1n) is 6.24. The van der Waals surface area contributed by atoms with Crippen LogP contribution in [0, 0.1) is 0 Å². The molecule has 2 N–H and O–H groups in total. The zero-order valence-electron chi connectivity index (χ0n) is 11.2. The van der Waals surface area contributed by atoms with Crippen LogP contribution >= 0.6 is 24.8 Å². The Hall–Kier alpha value is -0.620. The van der Waals surface area contributed by atoms with Gasteiger partial charge in [0.15, 0.2) is 5.82 Å². The highest BCUT2D eigenvalue weighted by Crippen LogP contribution is 2.19. The van der Waals surface area contributed by atoms with Crippen molar-refractivity contribution in [2.45, 2.75) is 18.9 Å². The van der Waals surface area contributed by atoms with Crippen LogP contribution in [-0.4, -0.2) is 54.4 Å². The second kappa shape index (κ2) is 9.31. The summed E-state index contributed by atoms with van der Waals surface area (Å²) in [5.74, 6) is 0.985. The summed E-state index contributed by atoms with van der Waals surface area (Å²) in [7, 11) is 2.15. The van der Waals surface area contributed by atoms with Crippen molar-refractivity contribution in [2.75, 3.05) is 38.1 Å². The summed E-state index contributed by atoms with van der Waals surface area (Å²) in [6, 6.07) is 4.54. The number of rotatable bonds is 4. The van der Waals surface area contributed by atoms with Crippen molar-refractivity contribution in [3.8, 4) is 0 Å². The Balaban J connectivity index is 0.00000162. The zero-order valence-corrected chi connectivity index (χ0v) is 12.9. The van der Waals surface area contributed by atoms with E-state index in [1.54, 1.807) is 6.20 Å². The van der Waals surface area contributed by atoms with Gasteiger partial charge in [-0.15, -0.1) is 29.9 Å². The lowest BCUT2D eigenvalue weighted by atomic mass is 10.0. The second-order valence-corrected chi connectivity index (χ2v) is 4.59. The number of piperidine rings is 1. The Morgan fingerprint density at radius 3 is 2.89 bits per heavy atom. The maximum atomic E-state index is 5.60. The molecule has 1 fully saturated rings. The molecule has 19 heavy (non-hydrogen) atoms. The Bertz CT molecular complexity index is 338. The third-order valence-electron chi connectivity index (χ3n) is 3.38. The molecule has 0 saturated carbocycles. The molecule has 1 aromatic rings. The number of anilines is 1. The minimum atomic E-state index is 0. The highest BCUT2D eigenvalue weighted by Gasteiger charge is 2.23. The van der Waals surface area contributed by atoms with Crippen LogP contribution in [0.4, 0.5) is 5.82 Å². The Morgan fingerprint density at radius 2 is 2.26 bits per heavy atom. The van der Waals surface area contributed by atoms with E-state index in [9.17, 15) is 0 Å². The SMILES string of the molecule is CN(CCN)C1CCCN(c2cccnn2)C1.Cl.Cl. The predicted octanol–water partition coefficient (Wildman–Crippen LogP) is 1.18. The van der Waals surface area contributed by atoms with Gasteiger partial charge in [0.2, 0.25) is 0 Å². The van der Waals surface area contributed by atoms with Gasteiger partial charge in [0, 0.05) is 38.4 Å². The predicted molar refractivity (Wildman–Crippen MR) is 83.4 cm³/mol. The Morgan fingerprint density at radius 1 is 1.47 bits per heavy atom. The van der Waals surface area contributed by atoms with Crippen LogP contribution in [0.2, 0.25) is 0 Å². The van der Waals surface area contributed by atoms with E-state index in [1.165, 1.54) is 12.8 Å². The standard InChI is InChI=1S/C12H21N5.2ClH/c1-16(9-6-13)11-4-3-8-17(10-11)12-5-2-7-14-15-12;;/h2,5,7,11H,3-4,6,8-10,13H2,1H3;2*1H. The van der Waals surface area contributed by atoms with Gasteiger partial charge in [-0.05, 0) is 32.0 Å². The van der Waals surface area contributed by atoms with Gasteiger partial charge < -0.3 is 15.5 Å². The first kappa shape index (κ1) is 18.4. The Labute approximate surface area is 127 Å². The third-order valence-corrected chi connectivity index (χ3v) is 3.38. The van der Waals surface area contributed by atoms with E-state index < -0.39 is 0 Å². The lowest BCUT2D eigenvalue weighted by Crippen LogP contribution is -2.48. The lowest BCUT2D eigenvalue weighted by molar-refractivity contribution is 0.220. The average molecular weight is 308 g/mol. The first-order chi connectivity index (χ1) is 8.31. The van der Waals surface area contributed by atoms with Crippen LogP contribution in [0.5, 0.6) is 0 Å². The smallest absolute Gasteiger partial charge is 0.151 e. The third kappa shape index (κ3) is 5.10. The summed E-state index contributed by atoms with van der Waals surface area (Å²) in [4.78, 5) is 4.66. The summed E-state index contributed by atoms with van der Waals surface area (Å²) in [5, 5.41) is 8.12. The molecule has 2 heterocycles. The molecule has 1 aliphatic rings. The van der Waals surface area contributed by atoms with E-state index in [0.717, 1.165) is 32.0 Å². The molecule has 0 radical (unpaired) electrons. The van der Waals surface area contributed by atoms with Gasteiger partial charge in [-0.1, -0.05) is 0 Å². The molecule has 5 nitrogen and oxygen atoms in total. The highest BCUT2D eigenvalue weighted by molar-refractivity contribution is 5.85. The summed E-state index contributed by atoms with van der Waals surface area (Å²) >= 11 is 0. The van der Waals surface area contributed by atoms with E-state index in [4.69, 9.17) is 5.73 Å². The van der Waals surface area contributed by atoms with Crippen molar-refractivity contribution in [3.05, 3.63) is 18.3 Å². The number of hydrogen-bond donors (Lipinski definition) is 1. The minimum absolute atomic E-state index is 0. The summed E-state index contributed by atoms with van der Waals surface area (Å²) in [5.41, 5.74) is 5.60. The van der Waals surface area contributed by atoms with Crippen molar-refractivity contribution < 1.29 is 0 Å². The fourth-order valence-electron chi connectivity index (χ4n) is 2.37. The van der Waals surface area contributed by atoms with Crippen molar-refractivity contribution in [1.82, 2.24) is 15.1 Å². The van der Waals surface area contributed by atoms with Gasteiger partial charge in [-0.25, -0.2) is 0 Å². The molecule has 1 aromatic heterocycles. The van der Waals surface area contributed by atoms with Crippen LogP contribution in [-0.2, 0) is 0 Å². The monoisotopic (exact) mass is 307 g/mol. The molecular formula is C12H23Cl2N5. The van der Waals surface area contributed by atoms with Crippen LogP contribution < -0.4 is 10.6 Å². The number of hydrogen-bond acceptors (Lipinski definition) is 5. The molecule has 0 spiro atoms. The second-order valence-electron chi connectivity index (χ2n) is 4.59. The molecule has 7 heteroatoms. The maximum Gasteiger partial charge on any atom is 0.151 e. The van der Waals surface area contributed by atoms with E-state index in [0.29, 0.717) is 6.04 Å². The maximum absolute atomic E-state index is 5.60. The van der Waals surface area contributed by atoms with Gasteiger partial charge in [0.05, 0.1) is 0 Å². The van der Waals surface area contributed by atoms with Crippen LogP contribution in [0.15, 0.2) is 18.3 Å². The molecule has 0 bridgehead atoms. The molecule has 110 valence electrons. The topological polar surface area (TPSA) is 58.3 Å². The lowest BCUT2D eigenvalue weighted by Gasteiger charge is -2.37. The molecule has 0 aromatic carbocycles. The number of nitrogens with two attached hydrogens (primary N) is 1. The van der Waals surface area contributed by atoms with Gasteiger partial charge in [0.1, 0.15) is 0 Å². The van der Waals surface area contributed by atoms with E-state index in [2.05, 4.69) is 27.0 Å². The molecule has 0 aliphatic carbocycles. The number of halogens is 2. The number of nitrogens with zero attached hydrogens (tertiary/aromatic N) is 4. The molecule has 1 unspecified atom stereocenters. The fraction of sp³-hybridized carbons (Fsp3) is 0.667. The fourth-order valence-corrected chi connectivity index (χ4v) is 2.37. The highest BCUT2D eigenvalue weighted by atomic mass is 35.5. The molecular weight excluding hydrogens is 285 g/mol. The number of aromatic nitrogens is 2. The van der Waals surface area contributed by atoms with E-state index in [-0.39, 0.29) is 24.8 Å². The van der Waals surface area contributed by atoms with E-state index >= 15 is 0 Å². The van der Waals surface area contributed by atoms with Gasteiger partial charge in [0.25, 0.3) is 0 Å². The van der Waals surface area contributed by atoms with Gasteiger partial charge in [-0.3, -0.25) is 0 Å². The van der Waals surface area contributed by atoms with Crippen LogP contribution in [0.25, 0.3) is 0 Å².